The molecule has 27 heavy (non-hydrogen) atoms. The van der Waals surface area contributed by atoms with Crippen LogP contribution in [0.15, 0.2) is 6.07 Å². The fourth-order valence-electron chi connectivity index (χ4n) is 4.29. The monoisotopic (exact) mass is 377 g/mol. The van der Waals surface area contributed by atoms with Gasteiger partial charge in [-0.05, 0) is 68.9 Å². The standard InChI is InChI=1S/C22H35NO4/c1-7-23(8-2)22(25)15(4)18-10-9-17-14(3)13-19(27-12-11-26-6)16(5)20(17)21(18)24/h13,15,18,21,24H,7-12H2,1-6H3. The van der Waals surface area contributed by atoms with Crippen molar-refractivity contribution in [3.63, 3.8) is 0 Å². The summed E-state index contributed by atoms with van der Waals surface area (Å²) in [5.41, 5.74) is 4.28. The molecule has 0 fully saturated rings. The van der Waals surface area contributed by atoms with Gasteiger partial charge in [0.1, 0.15) is 12.4 Å². The van der Waals surface area contributed by atoms with Crippen LogP contribution in [0.5, 0.6) is 5.75 Å². The van der Waals surface area contributed by atoms with Gasteiger partial charge in [0.25, 0.3) is 0 Å². The van der Waals surface area contributed by atoms with E-state index in [0.29, 0.717) is 26.3 Å². The molecule has 0 spiro atoms. The van der Waals surface area contributed by atoms with Gasteiger partial charge in [0, 0.05) is 32.0 Å². The van der Waals surface area contributed by atoms with E-state index in [-0.39, 0.29) is 17.7 Å². The molecule has 1 amide bonds. The zero-order chi connectivity index (χ0) is 20.1. The Bertz CT molecular complexity index is 654. The van der Waals surface area contributed by atoms with Crippen LogP contribution in [-0.4, -0.2) is 49.3 Å². The molecule has 2 rings (SSSR count). The molecule has 1 aromatic carbocycles. The van der Waals surface area contributed by atoms with E-state index in [1.807, 2.05) is 32.6 Å². The van der Waals surface area contributed by atoms with Crippen molar-refractivity contribution in [2.45, 2.75) is 53.6 Å². The number of aliphatic hydroxyl groups excluding tert-OH is 1. The fourth-order valence-corrected chi connectivity index (χ4v) is 4.29. The van der Waals surface area contributed by atoms with Gasteiger partial charge < -0.3 is 19.5 Å². The number of carbonyl (C=O) groups is 1. The minimum Gasteiger partial charge on any atom is -0.491 e. The average molecular weight is 378 g/mol. The minimum atomic E-state index is -0.645. The van der Waals surface area contributed by atoms with E-state index in [2.05, 4.69) is 13.0 Å². The van der Waals surface area contributed by atoms with Crippen molar-refractivity contribution in [2.24, 2.45) is 11.8 Å². The van der Waals surface area contributed by atoms with Crippen molar-refractivity contribution in [1.29, 1.82) is 0 Å². The number of hydrogen-bond acceptors (Lipinski definition) is 4. The van der Waals surface area contributed by atoms with Crippen molar-refractivity contribution in [3.8, 4) is 5.75 Å². The van der Waals surface area contributed by atoms with E-state index in [0.717, 1.165) is 35.3 Å². The van der Waals surface area contributed by atoms with Gasteiger partial charge >= 0.3 is 0 Å². The Morgan fingerprint density at radius 2 is 1.96 bits per heavy atom. The lowest BCUT2D eigenvalue weighted by atomic mass is 9.72. The molecule has 0 aromatic heterocycles. The molecule has 0 heterocycles. The summed E-state index contributed by atoms with van der Waals surface area (Å²) in [5, 5.41) is 11.2. The van der Waals surface area contributed by atoms with Crippen LogP contribution < -0.4 is 4.74 Å². The summed E-state index contributed by atoms with van der Waals surface area (Å²) in [7, 11) is 1.65. The first kappa shape index (κ1) is 21.7. The van der Waals surface area contributed by atoms with Crippen molar-refractivity contribution in [3.05, 3.63) is 28.3 Å². The Morgan fingerprint density at radius 3 is 2.56 bits per heavy atom. The largest absolute Gasteiger partial charge is 0.491 e. The maximum absolute atomic E-state index is 12.8. The van der Waals surface area contributed by atoms with Crippen molar-refractivity contribution in [1.82, 2.24) is 4.90 Å². The van der Waals surface area contributed by atoms with Gasteiger partial charge in [0.2, 0.25) is 5.91 Å². The maximum atomic E-state index is 12.8. The van der Waals surface area contributed by atoms with Crippen LogP contribution in [0.3, 0.4) is 0 Å². The Labute approximate surface area is 163 Å². The number of hydrogen-bond donors (Lipinski definition) is 1. The second kappa shape index (κ2) is 9.56. The van der Waals surface area contributed by atoms with Crippen LogP contribution in [0.4, 0.5) is 0 Å². The maximum Gasteiger partial charge on any atom is 0.225 e. The smallest absolute Gasteiger partial charge is 0.225 e. The molecule has 3 unspecified atom stereocenters. The SMILES string of the molecule is CCN(CC)C(=O)C(C)C1CCc2c(C)cc(OCCOC)c(C)c2C1O. The van der Waals surface area contributed by atoms with Crippen LogP contribution in [0.2, 0.25) is 0 Å². The molecule has 1 aliphatic carbocycles. The van der Waals surface area contributed by atoms with E-state index in [1.165, 1.54) is 5.56 Å². The van der Waals surface area contributed by atoms with Crippen molar-refractivity contribution >= 4 is 5.91 Å². The van der Waals surface area contributed by atoms with Crippen LogP contribution in [0, 0.1) is 25.7 Å². The highest BCUT2D eigenvalue weighted by Crippen LogP contribution is 2.44. The number of aliphatic hydroxyl groups is 1. The van der Waals surface area contributed by atoms with Crippen molar-refractivity contribution < 1.29 is 19.4 Å². The minimum absolute atomic E-state index is 0.0714. The summed E-state index contributed by atoms with van der Waals surface area (Å²) in [4.78, 5) is 14.7. The van der Waals surface area contributed by atoms with Crippen LogP contribution in [0.1, 0.15) is 55.5 Å². The first-order valence-corrected chi connectivity index (χ1v) is 10.1. The number of carbonyl (C=O) groups excluding carboxylic acids is 1. The van der Waals surface area contributed by atoms with Crippen LogP contribution in [-0.2, 0) is 16.0 Å². The lowest BCUT2D eigenvalue weighted by Gasteiger charge is -2.37. The highest BCUT2D eigenvalue weighted by atomic mass is 16.5. The van der Waals surface area contributed by atoms with Gasteiger partial charge in [-0.25, -0.2) is 0 Å². The molecule has 0 saturated heterocycles. The normalized spacial score (nSPS) is 20.1. The highest BCUT2D eigenvalue weighted by molar-refractivity contribution is 5.79. The summed E-state index contributed by atoms with van der Waals surface area (Å²) in [6, 6.07) is 2.06. The summed E-state index contributed by atoms with van der Waals surface area (Å²) in [6.45, 7) is 12.4. The molecule has 0 bridgehead atoms. The van der Waals surface area contributed by atoms with E-state index in [9.17, 15) is 9.90 Å². The average Bonchev–Trinajstić information content (AvgIpc) is 2.66. The molecule has 1 N–H and O–H groups in total. The third-order valence-corrected chi connectivity index (χ3v) is 6.00. The predicted octanol–water partition coefficient (Wildman–Crippen LogP) is 3.43. The molecule has 0 aliphatic heterocycles. The summed E-state index contributed by atoms with van der Waals surface area (Å²) in [6.07, 6.45) is 1.07. The molecular formula is C22H35NO4. The summed E-state index contributed by atoms with van der Waals surface area (Å²) >= 11 is 0. The van der Waals surface area contributed by atoms with E-state index in [1.54, 1.807) is 7.11 Å². The second-order valence-electron chi connectivity index (χ2n) is 7.50. The number of rotatable bonds is 8. The number of aryl methyl sites for hydroxylation is 1. The summed E-state index contributed by atoms with van der Waals surface area (Å²) in [5.74, 6) is 0.656. The van der Waals surface area contributed by atoms with E-state index >= 15 is 0 Å². The van der Waals surface area contributed by atoms with Gasteiger partial charge in [-0.1, -0.05) is 6.92 Å². The predicted molar refractivity (Wildman–Crippen MR) is 107 cm³/mol. The zero-order valence-corrected chi connectivity index (χ0v) is 17.7. The highest BCUT2D eigenvalue weighted by Gasteiger charge is 2.38. The molecule has 5 nitrogen and oxygen atoms in total. The Morgan fingerprint density at radius 1 is 1.30 bits per heavy atom. The first-order chi connectivity index (χ1) is 12.9. The van der Waals surface area contributed by atoms with Gasteiger partial charge in [-0.15, -0.1) is 0 Å². The Kier molecular flexibility index (Phi) is 7.68. The molecule has 152 valence electrons. The van der Waals surface area contributed by atoms with Crippen LogP contribution in [0.25, 0.3) is 0 Å². The number of fused-ring (bicyclic) bond motifs is 1. The molecule has 0 radical (unpaired) electrons. The third kappa shape index (κ3) is 4.46. The molecule has 0 saturated carbocycles. The molecule has 5 heteroatoms. The fraction of sp³-hybridized carbons (Fsp3) is 0.682. The topological polar surface area (TPSA) is 59.0 Å². The second-order valence-corrected chi connectivity index (χ2v) is 7.50. The quantitative estimate of drug-likeness (QED) is 0.705. The summed E-state index contributed by atoms with van der Waals surface area (Å²) < 4.78 is 10.9. The first-order valence-electron chi connectivity index (χ1n) is 10.1. The number of benzene rings is 1. The van der Waals surface area contributed by atoms with Crippen LogP contribution >= 0.6 is 0 Å². The molecule has 1 aliphatic rings. The number of nitrogens with zero attached hydrogens (tertiary/aromatic N) is 1. The lowest BCUT2D eigenvalue weighted by molar-refractivity contribution is -0.138. The Hall–Kier alpha value is -1.59. The van der Waals surface area contributed by atoms with Gasteiger partial charge in [0.15, 0.2) is 0 Å². The molecule has 1 aromatic rings. The van der Waals surface area contributed by atoms with Crippen molar-refractivity contribution in [2.75, 3.05) is 33.4 Å². The Balaban J connectivity index is 2.31. The zero-order valence-electron chi connectivity index (χ0n) is 17.7. The number of amides is 1. The molecular weight excluding hydrogens is 342 g/mol. The van der Waals surface area contributed by atoms with E-state index in [4.69, 9.17) is 9.47 Å². The number of methoxy groups -OCH3 is 1. The molecule has 3 atom stereocenters. The lowest BCUT2D eigenvalue weighted by Crippen LogP contribution is -2.40. The third-order valence-electron chi connectivity index (χ3n) is 6.00. The van der Waals surface area contributed by atoms with E-state index < -0.39 is 6.10 Å². The van der Waals surface area contributed by atoms with Gasteiger partial charge in [-0.3, -0.25) is 4.79 Å². The van der Waals surface area contributed by atoms with Gasteiger partial charge in [0.05, 0.1) is 12.7 Å². The number of ether oxygens (including phenoxy) is 2. The van der Waals surface area contributed by atoms with Gasteiger partial charge in [-0.2, -0.15) is 0 Å².